The van der Waals surface area contributed by atoms with E-state index in [4.69, 9.17) is 11.1 Å². The molecule has 2 atom stereocenters. The summed E-state index contributed by atoms with van der Waals surface area (Å²) >= 11 is 0. The van der Waals surface area contributed by atoms with Gasteiger partial charge in [0.15, 0.2) is 0 Å². The zero-order valence-corrected chi connectivity index (χ0v) is 8.67. The third kappa shape index (κ3) is 4.60. The average Bonchev–Trinajstić information content (AvgIpc) is 2.17. The van der Waals surface area contributed by atoms with Gasteiger partial charge in [-0.15, -0.1) is 0 Å². The van der Waals surface area contributed by atoms with Crippen molar-refractivity contribution in [3.63, 3.8) is 0 Å². The second kappa shape index (κ2) is 8.23. The summed E-state index contributed by atoms with van der Waals surface area (Å²) in [7, 11) is 0. The molecule has 0 saturated heterocycles. The van der Waals surface area contributed by atoms with E-state index in [1.54, 1.807) is 0 Å². The lowest BCUT2D eigenvalue weighted by Gasteiger charge is -2.17. The van der Waals surface area contributed by atoms with Crippen molar-refractivity contribution in [2.45, 2.75) is 51.6 Å². The van der Waals surface area contributed by atoms with Gasteiger partial charge in [-0.05, 0) is 23.9 Å². The molecule has 0 aliphatic heterocycles. The Morgan fingerprint density at radius 2 is 1.29 bits per heavy atom. The minimum atomic E-state index is -0.194. The number of hydrogen-bond acceptors (Lipinski definition) is 2. The highest BCUT2D eigenvalue weighted by Gasteiger charge is 2.16. The largest absolute Gasteiger partial charge is 0.0902 e. The molecular weight excluding hydrogens is 180 g/mol. The normalized spacial score (nSPS) is 13.6. The van der Waals surface area contributed by atoms with E-state index in [0.717, 1.165) is 25.7 Å². The second-order valence-corrected chi connectivity index (χ2v) is 3.12. The molecule has 0 N–H and O–H groups in total. The quantitative estimate of drug-likeness (QED) is 0.334. The fourth-order valence-electron chi connectivity index (χ4n) is 1.38. The maximum atomic E-state index is 8.37. The lowest BCUT2D eigenvalue weighted by molar-refractivity contribution is 0.459. The van der Waals surface area contributed by atoms with Gasteiger partial charge < -0.3 is 0 Å². The maximum absolute atomic E-state index is 8.37. The molecule has 0 heterocycles. The molecule has 0 fully saturated rings. The van der Waals surface area contributed by atoms with Crippen LogP contribution in [0.5, 0.6) is 0 Å². The van der Waals surface area contributed by atoms with Gasteiger partial charge in [0.05, 0.1) is 0 Å². The van der Waals surface area contributed by atoms with Crippen molar-refractivity contribution in [3.8, 4) is 0 Å². The number of hydrogen-bond donors (Lipinski definition) is 0. The molecule has 0 saturated carbocycles. The van der Waals surface area contributed by atoms with Gasteiger partial charge in [0.25, 0.3) is 0 Å². The highest BCUT2D eigenvalue weighted by molar-refractivity contribution is 4.82. The van der Waals surface area contributed by atoms with E-state index in [2.05, 4.69) is 20.1 Å². The Bertz CT molecular complexity index is 212. The van der Waals surface area contributed by atoms with E-state index in [0.29, 0.717) is 0 Å². The summed E-state index contributed by atoms with van der Waals surface area (Å²) in [5.74, 6) is 0. The zero-order chi connectivity index (χ0) is 10.8. The SMILES string of the molecule is CCCC(N=[N+]=[N-])C(CCC)N=[N+]=[N-]. The van der Waals surface area contributed by atoms with Crippen LogP contribution in [0.3, 0.4) is 0 Å². The van der Waals surface area contributed by atoms with Crippen molar-refractivity contribution in [3.05, 3.63) is 20.9 Å². The summed E-state index contributed by atoms with van der Waals surface area (Å²) in [4.78, 5) is 5.56. The van der Waals surface area contributed by atoms with Crippen LogP contribution in [0.2, 0.25) is 0 Å². The smallest absolute Gasteiger partial charge is 0.0458 e. The molecular formula is C8H16N6. The van der Waals surface area contributed by atoms with E-state index in [1.807, 2.05) is 13.8 Å². The van der Waals surface area contributed by atoms with Crippen LogP contribution in [-0.4, -0.2) is 12.1 Å². The Morgan fingerprint density at radius 3 is 1.50 bits per heavy atom. The van der Waals surface area contributed by atoms with Crippen LogP contribution in [-0.2, 0) is 0 Å². The third-order valence-electron chi connectivity index (χ3n) is 2.01. The van der Waals surface area contributed by atoms with Gasteiger partial charge in [0, 0.05) is 21.9 Å². The van der Waals surface area contributed by atoms with Gasteiger partial charge >= 0.3 is 0 Å². The first-order valence-electron chi connectivity index (χ1n) is 4.88. The lowest BCUT2D eigenvalue weighted by atomic mass is 10.0. The van der Waals surface area contributed by atoms with E-state index in [9.17, 15) is 0 Å². The van der Waals surface area contributed by atoms with E-state index < -0.39 is 0 Å². The fourth-order valence-corrected chi connectivity index (χ4v) is 1.38. The lowest BCUT2D eigenvalue weighted by Crippen LogP contribution is -2.21. The van der Waals surface area contributed by atoms with Gasteiger partial charge in [-0.3, -0.25) is 0 Å². The first-order valence-corrected chi connectivity index (χ1v) is 4.88. The standard InChI is InChI=1S/C8H16N6/c1-3-5-7(11-13-9)8(6-4-2)12-14-10/h7-8H,3-6H2,1-2H3. The van der Waals surface area contributed by atoms with Crippen molar-refractivity contribution < 1.29 is 0 Å². The van der Waals surface area contributed by atoms with Crippen molar-refractivity contribution in [2.75, 3.05) is 0 Å². The predicted molar refractivity (Wildman–Crippen MR) is 55.7 cm³/mol. The fraction of sp³-hybridized carbons (Fsp3) is 1.00. The van der Waals surface area contributed by atoms with E-state index >= 15 is 0 Å². The van der Waals surface area contributed by atoms with Gasteiger partial charge in [-0.1, -0.05) is 36.9 Å². The molecule has 0 spiro atoms. The second-order valence-electron chi connectivity index (χ2n) is 3.12. The highest BCUT2D eigenvalue weighted by Crippen LogP contribution is 2.16. The summed E-state index contributed by atoms with van der Waals surface area (Å²) in [6, 6.07) is -0.387. The number of nitrogens with zero attached hydrogens (tertiary/aromatic N) is 6. The van der Waals surface area contributed by atoms with Crippen LogP contribution < -0.4 is 0 Å². The van der Waals surface area contributed by atoms with Gasteiger partial charge in [-0.25, -0.2) is 0 Å². The van der Waals surface area contributed by atoms with Crippen LogP contribution in [0.15, 0.2) is 10.2 Å². The van der Waals surface area contributed by atoms with Crippen molar-refractivity contribution in [1.29, 1.82) is 0 Å². The first kappa shape index (κ1) is 12.6. The van der Waals surface area contributed by atoms with Crippen LogP contribution in [0, 0.1) is 0 Å². The molecule has 0 aliphatic rings. The van der Waals surface area contributed by atoms with Crippen LogP contribution in [0.25, 0.3) is 20.9 Å². The predicted octanol–water partition coefficient (Wildman–Crippen LogP) is 3.94. The Morgan fingerprint density at radius 1 is 0.929 bits per heavy atom. The van der Waals surface area contributed by atoms with E-state index in [1.165, 1.54) is 0 Å². The minimum Gasteiger partial charge on any atom is -0.0902 e. The summed E-state index contributed by atoms with van der Waals surface area (Å²) in [5.41, 5.74) is 16.7. The zero-order valence-electron chi connectivity index (χ0n) is 8.67. The highest BCUT2D eigenvalue weighted by atomic mass is 15.2. The number of rotatable bonds is 7. The van der Waals surface area contributed by atoms with E-state index in [-0.39, 0.29) is 12.1 Å². The monoisotopic (exact) mass is 196 g/mol. The maximum Gasteiger partial charge on any atom is 0.0458 e. The molecule has 0 bridgehead atoms. The molecule has 0 aromatic rings. The molecule has 0 rings (SSSR count). The van der Waals surface area contributed by atoms with Gasteiger partial charge in [0.1, 0.15) is 0 Å². The Hall–Kier alpha value is -1.38. The Labute approximate surface area is 83.6 Å². The van der Waals surface area contributed by atoms with Crippen LogP contribution in [0.4, 0.5) is 0 Å². The minimum absolute atomic E-state index is 0.194. The summed E-state index contributed by atoms with van der Waals surface area (Å²) in [6.45, 7) is 4.03. The Balaban J connectivity index is 4.51. The van der Waals surface area contributed by atoms with Gasteiger partial charge in [-0.2, -0.15) is 0 Å². The topological polar surface area (TPSA) is 97.5 Å². The summed E-state index contributed by atoms with van der Waals surface area (Å²) in [5, 5.41) is 7.33. The molecule has 78 valence electrons. The molecule has 0 radical (unpaired) electrons. The molecule has 6 nitrogen and oxygen atoms in total. The van der Waals surface area contributed by atoms with Gasteiger partial charge in [0.2, 0.25) is 0 Å². The molecule has 0 aromatic heterocycles. The molecule has 14 heavy (non-hydrogen) atoms. The molecule has 2 unspecified atom stereocenters. The Kier molecular flexibility index (Phi) is 7.42. The summed E-state index contributed by atoms with van der Waals surface area (Å²) < 4.78 is 0. The van der Waals surface area contributed by atoms with Crippen LogP contribution >= 0.6 is 0 Å². The molecule has 6 heteroatoms. The van der Waals surface area contributed by atoms with Crippen molar-refractivity contribution >= 4 is 0 Å². The summed E-state index contributed by atoms with van der Waals surface area (Å²) in [6.07, 6.45) is 3.39. The average molecular weight is 196 g/mol. The van der Waals surface area contributed by atoms with Crippen molar-refractivity contribution in [2.24, 2.45) is 10.2 Å². The molecule has 0 aromatic carbocycles. The van der Waals surface area contributed by atoms with Crippen LogP contribution in [0.1, 0.15) is 39.5 Å². The van der Waals surface area contributed by atoms with Crippen molar-refractivity contribution in [1.82, 2.24) is 0 Å². The number of azide groups is 2. The first-order chi connectivity index (χ1) is 6.79. The molecule has 0 aliphatic carbocycles. The molecule has 0 amide bonds. The third-order valence-corrected chi connectivity index (χ3v) is 2.01.